The first-order valence-corrected chi connectivity index (χ1v) is 11.7. The number of rotatable bonds is 12. The molecule has 1 heterocycles. The van der Waals surface area contributed by atoms with Gasteiger partial charge in [-0.15, -0.1) is 0 Å². The first-order chi connectivity index (χ1) is 16.3. The molecule has 0 aliphatic rings. The van der Waals surface area contributed by atoms with Crippen LogP contribution in [0.2, 0.25) is 0 Å². The number of hydrogen-bond acceptors (Lipinski definition) is 6. The molecule has 0 radical (unpaired) electrons. The number of benzene rings is 2. The molecular formula is C28H35NO5. The molecule has 0 aliphatic heterocycles. The van der Waals surface area contributed by atoms with Crippen LogP contribution >= 0.6 is 0 Å². The lowest BCUT2D eigenvalue weighted by Crippen LogP contribution is -2.40. The van der Waals surface area contributed by atoms with Gasteiger partial charge in [-0.05, 0) is 75.6 Å². The van der Waals surface area contributed by atoms with E-state index in [1.54, 1.807) is 27.0 Å². The lowest BCUT2D eigenvalue weighted by atomic mass is 10.0. The van der Waals surface area contributed by atoms with Gasteiger partial charge < -0.3 is 18.6 Å². The molecule has 0 fully saturated rings. The van der Waals surface area contributed by atoms with E-state index in [9.17, 15) is 4.79 Å². The SMILES string of the molecule is CCOC(=O)C(C)(C)Oc1c(C)cc(CN(CCOc2ccccc2)Cc2ccco2)cc1C. The van der Waals surface area contributed by atoms with E-state index in [1.807, 2.05) is 56.3 Å². The van der Waals surface area contributed by atoms with Crippen LogP contribution in [0.1, 0.15) is 43.2 Å². The number of furan rings is 1. The smallest absolute Gasteiger partial charge is 0.349 e. The zero-order chi connectivity index (χ0) is 24.6. The third-order valence-electron chi connectivity index (χ3n) is 5.43. The highest BCUT2D eigenvalue weighted by molar-refractivity contribution is 5.79. The second-order valence-electron chi connectivity index (χ2n) is 8.84. The Labute approximate surface area is 202 Å². The van der Waals surface area contributed by atoms with Gasteiger partial charge in [0.1, 0.15) is 23.9 Å². The highest BCUT2D eigenvalue weighted by atomic mass is 16.6. The van der Waals surface area contributed by atoms with E-state index in [1.165, 1.54) is 0 Å². The molecule has 3 rings (SSSR count). The Morgan fingerprint density at radius 2 is 1.71 bits per heavy atom. The van der Waals surface area contributed by atoms with Crippen LogP contribution in [0.4, 0.5) is 0 Å². The van der Waals surface area contributed by atoms with E-state index in [-0.39, 0.29) is 5.97 Å². The molecule has 2 aromatic carbocycles. The molecule has 34 heavy (non-hydrogen) atoms. The molecule has 182 valence electrons. The highest BCUT2D eigenvalue weighted by Crippen LogP contribution is 2.30. The predicted octanol–water partition coefficient (Wildman–Crippen LogP) is 5.70. The molecular weight excluding hydrogens is 430 g/mol. The average Bonchev–Trinajstić information content (AvgIpc) is 3.30. The van der Waals surface area contributed by atoms with Crippen LogP contribution in [-0.2, 0) is 22.6 Å². The predicted molar refractivity (Wildman–Crippen MR) is 132 cm³/mol. The molecule has 0 amide bonds. The molecule has 0 N–H and O–H groups in total. The first kappa shape index (κ1) is 25.4. The zero-order valence-electron chi connectivity index (χ0n) is 20.8. The van der Waals surface area contributed by atoms with Crippen molar-refractivity contribution >= 4 is 5.97 Å². The first-order valence-electron chi connectivity index (χ1n) is 11.7. The van der Waals surface area contributed by atoms with E-state index in [2.05, 4.69) is 17.0 Å². The lowest BCUT2D eigenvalue weighted by molar-refractivity contribution is -0.158. The summed E-state index contributed by atoms with van der Waals surface area (Å²) in [6.45, 7) is 12.3. The standard InChI is InChI=1S/C28H35NO5/c1-6-31-27(30)28(4,5)34-26-21(2)17-23(18-22(26)3)19-29(20-25-13-10-15-32-25)14-16-33-24-11-8-7-9-12-24/h7-13,15,17-18H,6,14,16,19-20H2,1-5H3. The molecule has 0 atom stereocenters. The van der Waals surface area contributed by atoms with Crippen LogP contribution in [0, 0.1) is 13.8 Å². The lowest BCUT2D eigenvalue weighted by Gasteiger charge is -2.27. The molecule has 0 saturated carbocycles. The van der Waals surface area contributed by atoms with Crippen molar-refractivity contribution in [1.82, 2.24) is 4.90 Å². The number of para-hydroxylation sites is 1. The van der Waals surface area contributed by atoms with Crippen molar-refractivity contribution in [3.05, 3.63) is 83.3 Å². The second kappa shape index (κ2) is 11.7. The maximum Gasteiger partial charge on any atom is 0.349 e. The summed E-state index contributed by atoms with van der Waals surface area (Å²) in [5, 5.41) is 0. The van der Waals surface area contributed by atoms with Gasteiger partial charge in [0.2, 0.25) is 0 Å². The van der Waals surface area contributed by atoms with E-state index < -0.39 is 5.60 Å². The summed E-state index contributed by atoms with van der Waals surface area (Å²) in [6.07, 6.45) is 1.69. The monoisotopic (exact) mass is 465 g/mol. The molecule has 1 aromatic heterocycles. The summed E-state index contributed by atoms with van der Waals surface area (Å²) in [5.74, 6) is 2.11. The fourth-order valence-corrected chi connectivity index (χ4v) is 3.80. The van der Waals surface area contributed by atoms with Crippen molar-refractivity contribution in [2.75, 3.05) is 19.8 Å². The van der Waals surface area contributed by atoms with Crippen LogP contribution in [-0.4, -0.2) is 36.2 Å². The average molecular weight is 466 g/mol. The van der Waals surface area contributed by atoms with Crippen LogP contribution in [0.5, 0.6) is 11.5 Å². The maximum absolute atomic E-state index is 12.3. The molecule has 0 spiro atoms. The Hall–Kier alpha value is -3.25. The number of nitrogens with zero attached hydrogens (tertiary/aromatic N) is 1. The molecule has 0 aliphatic carbocycles. The number of aryl methyl sites for hydroxylation is 2. The van der Waals surface area contributed by atoms with Gasteiger partial charge in [-0.3, -0.25) is 4.90 Å². The van der Waals surface area contributed by atoms with Crippen molar-refractivity contribution in [2.45, 2.75) is 53.3 Å². The maximum atomic E-state index is 12.3. The number of ether oxygens (including phenoxy) is 3. The molecule has 0 bridgehead atoms. The molecule has 6 nitrogen and oxygen atoms in total. The van der Waals surface area contributed by atoms with Crippen LogP contribution in [0.15, 0.2) is 65.3 Å². The second-order valence-corrected chi connectivity index (χ2v) is 8.84. The number of carbonyl (C=O) groups is 1. The molecule has 3 aromatic rings. The van der Waals surface area contributed by atoms with Gasteiger partial charge in [0, 0.05) is 13.1 Å². The third kappa shape index (κ3) is 7.12. The van der Waals surface area contributed by atoms with Crippen molar-refractivity contribution in [1.29, 1.82) is 0 Å². The summed E-state index contributed by atoms with van der Waals surface area (Å²) in [7, 11) is 0. The van der Waals surface area contributed by atoms with Gasteiger partial charge in [-0.25, -0.2) is 4.79 Å². The Morgan fingerprint density at radius 1 is 1.00 bits per heavy atom. The van der Waals surface area contributed by atoms with Crippen molar-refractivity contribution in [3.8, 4) is 11.5 Å². The van der Waals surface area contributed by atoms with Crippen LogP contribution < -0.4 is 9.47 Å². The topological polar surface area (TPSA) is 61.1 Å². The van der Waals surface area contributed by atoms with Crippen molar-refractivity contribution in [3.63, 3.8) is 0 Å². The number of carbonyl (C=O) groups excluding carboxylic acids is 1. The Balaban J connectivity index is 1.71. The van der Waals surface area contributed by atoms with Gasteiger partial charge in [0.15, 0.2) is 5.60 Å². The minimum Gasteiger partial charge on any atom is -0.492 e. The normalized spacial score (nSPS) is 11.5. The Morgan fingerprint density at radius 3 is 2.32 bits per heavy atom. The fraction of sp³-hybridized carbons (Fsp3) is 0.393. The quantitative estimate of drug-likeness (QED) is 0.320. The minimum atomic E-state index is -1.06. The molecule has 0 unspecified atom stereocenters. The number of hydrogen-bond donors (Lipinski definition) is 0. The summed E-state index contributed by atoms with van der Waals surface area (Å²) < 4.78 is 22.8. The Bertz CT molecular complexity index is 1020. The van der Waals surface area contributed by atoms with Gasteiger partial charge in [-0.1, -0.05) is 30.3 Å². The van der Waals surface area contributed by atoms with E-state index in [0.717, 1.165) is 41.3 Å². The summed E-state index contributed by atoms with van der Waals surface area (Å²) >= 11 is 0. The molecule has 6 heteroatoms. The van der Waals surface area contributed by atoms with Gasteiger partial charge in [0.25, 0.3) is 0 Å². The van der Waals surface area contributed by atoms with Crippen molar-refractivity contribution in [2.24, 2.45) is 0 Å². The summed E-state index contributed by atoms with van der Waals surface area (Å²) in [6, 6.07) is 17.9. The van der Waals surface area contributed by atoms with E-state index in [0.29, 0.717) is 25.5 Å². The van der Waals surface area contributed by atoms with Gasteiger partial charge in [-0.2, -0.15) is 0 Å². The summed E-state index contributed by atoms with van der Waals surface area (Å²) in [4.78, 5) is 14.6. The largest absolute Gasteiger partial charge is 0.492 e. The van der Waals surface area contributed by atoms with E-state index >= 15 is 0 Å². The highest BCUT2D eigenvalue weighted by Gasteiger charge is 2.32. The van der Waals surface area contributed by atoms with Crippen LogP contribution in [0.25, 0.3) is 0 Å². The van der Waals surface area contributed by atoms with E-state index in [4.69, 9.17) is 18.6 Å². The van der Waals surface area contributed by atoms with Crippen molar-refractivity contribution < 1.29 is 23.4 Å². The van der Waals surface area contributed by atoms with Gasteiger partial charge >= 0.3 is 5.97 Å². The van der Waals surface area contributed by atoms with Crippen LogP contribution in [0.3, 0.4) is 0 Å². The number of esters is 1. The molecule has 0 saturated heterocycles. The Kier molecular flexibility index (Phi) is 8.77. The zero-order valence-corrected chi connectivity index (χ0v) is 20.8. The fourth-order valence-electron chi connectivity index (χ4n) is 3.80. The summed E-state index contributed by atoms with van der Waals surface area (Å²) in [5.41, 5.74) is 2.05. The minimum absolute atomic E-state index is 0.321. The third-order valence-corrected chi connectivity index (χ3v) is 5.43. The van der Waals surface area contributed by atoms with Gasteiger partial charge in [0.05, 0.1) is 19.4 Å².